The Hall–Kier alpha value is 0.134. The fraction of sp³-hybridized carbons (Fsp3) is 0.714. The van der Waals surface area contributed by atoms with Crippen LogP contribution in [-0.2, 0) is 0 Å². The van der Waals surface area contributed by atoms with Crippen LogP contribution in [0.2, 0.25) is 26.2 Å². The van der Waals surface area contributed by atoms with Gasteiger partial charge in [-0.2, -0.15) is 0 Å². The predicted octanol–water partition coefficient (Wildman–Crippen LogP) is 1.53. The monoisotopic (exact) mass is 173 g/mol. The molecule has 0 bridgehead atoms. The zero-order chi connectivity index (χ0) is 8.20. The molecule has 0 aromatic rings. The second-order valence-electron chi connectivity index (χ2n) is 3.97. The molecule has 1 nitrogen and oxygen atoms in total. The SMILES string of the molecule is C=C[SiH](C)NC[Si](C)(C)C. The number of hydrogen-bond donors (Lipinski definition) is 1. The van der Waals surface area contributed by atoms with Gasteiger partial charge in [-0.15, -0.1) is 6.58 Å². The molecule has 0 aliphatic rings. The van der Waals surface area contributed by atoms with Crippen molar-refractivity contribution in [2.75, 3.05) is 6.17 Å². The highest BCUT2D eigenvalue weighted by molar-refractivity contribution is 6.77. The van der Waals surface area contributed by atoms with E-state index >= 15 is 0 Å². The van der Waals surface area contributed by atoms with E-state index in [4.69, 9.17) is 0 Å². The summed E-state index contributed by atoms with van der Waals surface area (Å²) in [5, 5.41) is 0. The van der Waals surface area contributed by atoms with E-state index in [2.05, 4.69) is 43.4 Å². The minimum atomic E-state index is -0.860. The first-order valence-corrected chi connectivity index (χ1v) is 9.92. The molecule has 0 heterocycles. The molecular formula is C7H19NSi2. The van der Waals surface area contributed by atoms with Gasteiger partial charge in [0.2, 0.25) is 0 Å². The summed E-state index contributed by atoms with van der Waals surface area (Å²) in [6.45, 7) is 13.2. The van der Waals surface area contributed by atoms with Crippen LogP contribution in [0.15, 0.2) is 12.3 Å². The van der Waals surface area contributed by atoms with E-state index in [-0.39, 0.29) is 0 Å². The highest BCUT2D eigenvalue weighted by Crippen LogP contribution is 1.97. The summed E-state index contributed by atoms with van der Waals surface area (Å²) in [6, 6.07) is 0. The average Bonchev–Trinajstić information content (AvgIpc) is 1.81. The molecule has 10 heavy (non-hydrogen) atoms. The minimum absolute atomic E-state index is 0.733. The van der Waals surface area contributed by atoms with Gasteiger partial charge in [0, 0.05) is 0 Å². The molecule has 0 radical (unpaired) electrons. The third kappa shape index (κ3) is 6.26. The second-order valence-corrected chi connectivity index (χ2v) is 11.9. The Labute approximate surface area is 67.2 Å². The van der Waals surface area contributed by atoms with Gasteiger partial charge in [-0.05, 0) is 6.17 Å². The molecule has 0 saturated carbocycles. The fourth-order valence-electron chi connectivity index (χ4n) is 0.551. The predicted molar refractivity (Wildman–Crippen MR) is 54.6 cm³/mol. The van der Waals surface area contributed by atoms with E-state index in [0.717, 1.165) is 0 Å². The summed E-state index contributed by atoms with van der Waals surface area (Å²) < 4.78 is 0. The van der Waals surface area contributed by atoms with Crippen LogP contribution in [0, 0.1) is 0 Å². The van der Waals surface area contributed by atoms with E-state index < -0.39 is 17.0 Å². The van der Waals surface area contributed by atoms with Gasteiger partial charge in [-0.1, -0.05) is 31.9 Å². The molecule has 1 atom stereocenters. The van der Waals surface area contributed by atoms with Crippen molar-refractivity contribution in [1.29, 1.82) is 0 Å². The van der Waals surface area contributed by atoms with Crippen LogP contribution in [0.4, 0.5) is 0 Å². The number of nitrogens with one attached hydrogen (secondary N) is 1. The van der Waals surface area contributed by atoms with Crippen molar-refractivity contribution in [3.8, 4) is 0 Å². The Bertz CT molecular complexity index is 107. The summed E-state index contributed by atoms with van der Waals surface area (Å²) in [5.74, 6) is 0. The van der Waals surface area contributed by atoms with Gasteiger partial charge in [0.25, 0.3) is 0 Å². The molecule has 3 heteroatoms. The number of rotatable bonds is 4. The lowest BCUT2D eigenvalue weighted by Gasteiger charge is -2.18. The largest absolute Gasteiger partial charge is 0.339 e. The topological polar surface area (TPSA) is 12.0 Å². The average molecular weight is 173 g/mol. The molecule has 0 aromatic carbocycles. The summed E-state index contributed by atoms with van der Waals surface area (Å²) in [4.78, 5) is 3.55. The van der Waals surface area contributed by atoms with Crippen molar-refractivity contribution < 1.29 is 0 Å². The standard InChI is InChI=1S/C7H19NSi2/c1-6-9(2)8-7-10(3,4)5/h6,8-9H,1,7H2,2-5H3. The molecular weight excluding hydrogens is 154 g/mol. The molecule has 0 aromatic heterocycles. The molecule has 0 saturated heterocycles. The molecule has 0 spiro atoms. The molecule has 0 aliphatic carbocycles. The van der Waals surface area contributed by atoms with E-state index in [0.29, 0.717) is 0 Å². The molecule has 1 N–H and O–H groups in total. The van der Waals surface area contributed by atoms with E-state index in [1.54, 1.807) is 0 Å². The van der Waals surface area contributed by atoms with Gasteiger partial charge >= 0.3 is 0 Å². The van der Waals surface area contributed by atoms with Crippen LogP contribution in [0.3, 0.4) is 0 Å². The van der Waals surface area contributed by atoms with Crippen LogP contribution in [-0.4, -0.2) is 23.2 Å². The maximum atomic E-state index is 3.78. The van der Waals surface area contributed by atoms with Crippen molar-refractivity contribution in [2.24, 2.45) is 0 Å². The first-order chi connectivity index (χ1) is 4.45. The maximum absolute atomic E-state index is 3.78. The summed E-state index contributed by atoms with van der Waals surface area (Å²) in [5.41, 5.74) is 2.08. The highest BCUT2D eigenvalue weighted by atomic mass is 28.3. The Kier molecular flexibility index (Phi) is 4.16. The van der Waals surface area contributed by atoms with Gasteiger partial charge in [0.15, 0.2) is 0 Å². The summed E-state index contributed by atoms with van der Waals surface area (Å²) in [6.07, 6.45) is 1.24. The van der Waals surface area contributed by atoms with Crippen LogP contribution < -0.4 is 4.98 Å². The third-order valence-corrected chi connectivity index (χ3v) is 4.54. The Balaban J connectivity index is 3.45. The van der Waals surface area contributed by atoms with Crippen molar-refractivity contribution in [3.63, 3.8) is 0 Å². The van der Waals surface area contributed by atoms with E-state index in [1.165, 1.54) is 6.17 Å². The molecule has 1 unspecified atom stereocenters. The van der Waals surface area contributed by atoms with E-state index in [9.17, 15) is 0 Å². The summed E-state index contributed by atoms with van der Waals surface area (Å²) in [7, 11) is -1.59. The molecule has 0 fully saturated rings. The van der Waals surface area contributed by atoms with Crippen LogP contribution in [0.25, 0.3) is 0 Å². The van der Waals surface area contributed by atoms with Crippen molar-refractivity contribution in [3.05, 3.63) is 12.3 Å². The van der Waals surface area contributed by atoms with E-state index in [1.807, 2.05) is 0 Å². The lowest BCUT2D eigenvalue weighted by molar-refractivity contribution is 1.11. The third-order valence-electron chi connectivity index (χ3n) is 1.31. The van der Waals surface area contributed by atoms with Crippen LogP contribution in [0.1, 0.15) is 0 Å². The van der Waals surface area contributed by atoms with Gasteiger partial charge in [-0.3, -0.25) is 0 Å². The molecule has 0 rings (SSSR count). The Morgan fingerprint density at radius 2 is 2.00 bits per heavy atom. The zero-order valence-electron chi connectivity index (χ0n) is 7.57. The normalized spacial score (nSPS) is 14.8. The first kappa shape index (κ1) is 10.1. The van der Waals surface area contributed by atoms with Gasteiger partial charge in [-0.25, -0.2) is 0 Å². The van der Waals surface area contributed by atoms with Gasteiger partial charge < -0.3 is 4.98 Å². The van der Waals surface area contributed by atoms with Crippen LogP contribution >= 0.6 is 0 Å². The lowest BCUT2D eigenvalue weighted by Crippen LogP contribution is -2.42. The number of hydrogen-bond acceptors (Lipinski definition) is 1. The van der Waals surface area contributed by atoms with Crippen molar-refractivity contribution in [1.82, 2.24) is 4.98 Å². The Morgan fingerprint density at radius 1 is 1.50 bits per heavy atom. The van der Waals surface area contributed by atoms with Crippen molar-refractivity contribution >= 4 is 17.0 Å². The van der Waals surface area contributed by atoms with Crippen LogP contribution in [0.5, 0.6) is 0 Å². The minimum Gasteiger partial charge on any atom is -0.339 e. The summed E-state index contributed by atoms with van der Waals surface area (Å²) >= 11 is 0. The first-order valence-electron chi connectivity index (χ1n) is 3.81. The molecule has 0 aliphatic heterocycles. The quantitative estimate of drug-likeness (QED) is 0.636. The zero-order valence-corrected chi connectivity index (χ0v) is 9.72. The van der Waals surface area contributed by atoms with Gasteiger partial charge in [0.1, 0.15) is 8.96 Å². The smallest absolute Gasteiger partial charge is 0.129 e. The lowest BCUT2D eigenvalue weighted by atomic mass is 11.3. The molecule has 60 valence electrons. The van der Waals surface area contributed by atoms with Gasteiger partial charge in [0.05, 0.1) is 8.07 Å². The second kappa shape index (κ2) is 4.10. The Morgan fingerprint density at radius 3 is 2.30 bits per heavy atom. The van der Waals surface area contributed by atoms with Crippen molar-refractivity contribution in [2.45, 2.75) is 26.2 Å². The fourth-order valence-corrected chi connectivity index (χ4v) is 4.45. The highest BCUT2D eigenvalue weighted by Gasteiger charge is 2.12. The maximum Gasteiger partial charge on any atom is 0.129 e. The molecule has 0 amide bonds.